The van der Waals surface area contributed by atoms with Crippen LogP contribution in [0, 0.1) is 5.92 Å². The van der Waals surface area contributed by atoms with Gasteiger partial charge in [-0.3, -0.25) is 4.79 Å². The largest absolute Gasteiger partial charge is 0.467 e. The second-order valence-corrected chi connectivity index (χ2v) is 8.13. The predicted octanol–water partition coefficient (Wildman–Crippen LogP) is 5.12. The molecule has 0 heterocycles. The maximum absolute atomic E-state index is 13.5. The lowest BCUT2D eigenvalue weighted by Crippen LogP contribution is -2.48. The monoisotopic (exact) mass is 429 g/mol. The Balaban J connectivity index is 2.11. The fourth-order valence-electron chi connectivity index (χ4n) is 4.24. The third-order valence-corrected chi connectivity index (χ3v) is 6.21. The summed E-state index contributed by atoms with van der Waals surface area (Å²) in [5.74, 6) is -0.652. The molecule has 166 valence electrons. The Labute approximate surface area is 190 Å². The molecule has 0 bridgehead atoms. The summed E-state index contributed by atoms with van der Waals surface area (Å²) < 4.78 is 4.97. The van der Waals surface area contributed by atoms with Crippen LogP contribution in [-0.4, -0.2) is 25.0 Å². The molecule has 0 spiro atoms. The SMILES string of the molecule is CC[C@H](C)[C@@H](NC(=O)CC(c1ccccc1)(c1ccccc1)c1ccccc1)C(=O)OC. The van der Waals surface area contributed by atoms with Crippen molar-refractivity contribution in [2.75, 3.05) is 7.11 Å². The number of benzene rings is 3. The highest BCUT2D eigenvalue weighted by molar-refractivity contribution is 5.86. The van der Waals surface area contributed by atoms with E-state index in [-0.39, 0.29) is 18.2 Å². The minimum atomic E-state index is -0.704. The quantitative estimate of drug-likeness (QED) is 0.380. The highest BCUT2D eigenvalue weighted by Crippen LogP contribution is 2.42. The first-order chi connectivity index (χ1) is 15.5. The smallest absolute Gasteiger partial charge is 0.328 e. The zero-order valence-corrected chi connectivity index (χ0v) is 19.0. The Morgan fingerprint density at radius 2 is 1.22 bits per heavy atom. The molecule has 4 heteroatoms. The number of hydrogen-bond acceptors (Lipinski definition) is 3. The molecule has 0 radical (unpaired) electrons. The molecular weight excluding hydrogens is 398 g/mol. The third-order valence-electron chi connectivity index (χ3n) is 6.21. The van der Waals surface area contributed by atoms with Crippen LogP contribution in [0.1, 0.15) is 43.4 Å². The average Bonchev–Trinajstić information content (AvgIpc) is 2.86. The Morgan fingerprint density at radius 1 is 0.812 bits per heavy atom. The fraction of sp³-hybridized carbons (Fsp3) is 0.286. The lowest BCUT2D eigenvalue weighted by molar-refractivity contribution is -0.146. The van der Waals surface area contributed by atoms with Crippen molar-refractivity contribution in [2.45, 2.75) is 38.1 Å². The van der Waals surface area contributed by atoms with Crippen LogP contribution in [0.3, 0.4) is 0 Å². The number of ether oxygens (including phenoxy) is 1. The van der Waals surface area contributed by atoms with Gasteiger partial charge in [0.2, 0.25) is 5.91 Å². The van der Waals surface area contributed by atoms with E-state index in [2.05, 4.69) is 41.7 Å². The second kappa shape index (κ2) is 10.8. The molecule has 0 aliphatic heterocycles. The number of hydrogen-bond donors (Lipinski definition) is 1. The van der Waals surface area contributed by atoms with Crippen LogP contribution in [0.5, 0.6) is 0 Å². The molecular formula is C28H31NO3. The molecule has 0 aliphatic rings. The third kappa shape index (κ3) is 4.91. The van der Waals surface area contributed by atoms with Crippen molar-refractivity contribution in [2.24, 2.45) is 5.92 Å². The first kappa shape index (κ1) is 23.3. The minimum Gasteiger partial charge on any atom is -0.467 e. The van der Waals surface area contributed by atoms with Crippen molar-refractivity contribution in [3.05, 3.63) is 108 Å². The number of carbonyl (C=O) groups is 2. The van der Waals surface area contributed by atoms with Gasteiger partial charge in [-0.05, 0) is 22.6 Å². The van der Waals surface area contributed by atoms with Crippen LogP contribution in [0.2, 0.25) is 0 Å². The summed E-state index contributed by atoms with van der Waals surface area (Å²) in [6.07, 6.45) is 0.913. The van der Waals surface area contributed by atoms with Gasteiger partial charge in [0, 0.05) is 6.42 Å². The molecule has 1 amide bonds. The van der Waals surface area contributed by atoms with Gasteiger partial charge in [0.05, 0.1) is 12.5 Å². The van der Waals surface area contributed by atoms with E-state index in [4.69, 9.17) is 4.74 Å². The zero-order chi connectivity index (χ0) is 23.0. The van der Waals surface area contributed by atoms with Crippen LogP contribution in [0.4, 0.5) is 0 Å². The van der Waals surface area contributed by atoms with E-state index in [1.807, 2.05) is 68.4 Å². The van der Waals surface area contributed by atoms with Gasteiger partial charge in [0.1, 0.15) is 6.04 Å². The first-order valence-corrected chi connectivity index (χ1v) is 11.1. The number of esters is 1. The molecule has 4 nitrogen and oxygen atoms in total. The maximum Gasteiger partial charge on any atom is 0.328 e. The van der Waals surface area contributed by atoms with Crippen LogP contribution >= 0.6 is 0 Å². The molecule has 1 N–H and O–H groups in total. The van der Waals surface area contributed by atoms with Gasteiger partial charge in [-0.25, -0.2) is 4.79 Å². The number of methoxy groups -OCH3 is 1. The lowest BCUT2D eigenvalue weighted by atomic mass is 9.67. The molecule has 2 atom stereocenters. The highest BCUT2D eigenvalue weighted by Gasteiger charge is 2.39. The molecule has 0 aromatic heterocycles. The number of rotatable bonds is 9. The Bertz CT molecular complexity index is 906. The minimum absolute atomic E-state index is 0.0361. The van der Waals surface area contributed by atoms with E-state index in [0.29, 0.717) is 0 Å². The van der Waals surface area contributed by atoms with Gasteiger partial charge < -0.3 is 10.1 Å². The van der Waals surface area contributed by atoms with E-state index in [0.717, 1.165) is 23.1 Å². The van der Waals surface area contributed by atoms with Gasteiger partial charge >= 0.3 is 5.97 Å². The summed E-state index contributed by atoms with van der Waals surface area (Å²) in [5.41, 5.74) is 2.35. The predicted molar refractivity (Wildman–Crippen MR) is 127 cm³/mol. The standard InChI is InChI=1S/C28H31NO3/c1-4-21(2)26(27(31)32-3)29-25(30)20-28(22-14-8-5-9-15-22,23-16-10-6-11-17-23)24-18-12-7-13-19-24/h5-19,21,26H,4,20H2,1-3H3,(H,29,30)/t21-,26+/m0/s1. The zero-order valence-electron chi connectivity index (χ0n) is 19.0. The van der Waals surface area contributed by atoms with Crippen LogP contribution in [0.15, 0.2) is 91.0 Å². The van der Waals surface area contributed by atoms with Crippen LogP contribution < -0.4 is 5.32 Å². The summed E-state index contributed by atoms with van der Waals surface area (Å²) in [7, 11) is 1.35. The van der Waals surface area contributed by atoms with Gasteiger partial charge in [-0.2, -0.15) is 0 Å². The lowest BCUT2D eigenvalue weighted by Gasteiger charge is -2.36. The summed E-state index contributed by atoms with van der Waals surface area (Å²) >= 11 is 0. The molecule has 3 aromatic rings. The average molecular weight is 430 g/mol. The van der Waals surface area contributed by atoms with E-state index in [1.54, 1.807) is 0 Å². The van der Waals surface area contributed by atoms with Gasteiger partial charge in [0.15, 0.2) is 0 Å². The fourth-order valence-corrected chi connectivity index (χ4v) is 4.24. The topological polar surface area (TPSA) is 55.4 Å². The summed E-state index contributed by atoms with van der Waals surface area (Å²) in [4.78, 5) is 25.9. The maximum atomic E-state index is 13.5. The Morgan fingerprint density at radius 3 is 1.56 bits per heavy atom. The molecule has 0 unspecified atom stereocenters. The van der Waals surface area contributed by atoms with Crippen molar-refractivity contribution >= 4 is 11.9 Å². The molecule has 0 saturated carbocycles. The highest BCUT2D eigenvalue weighted by atomic mass is 16.5. The van der Waals surface area contributed by atoms with Crippen molar-refractivity contribution in [1.29, 1.82) is 0 Å². The summed E-state index contributed by atoms with van der Waals surface area (Å²) in [6, 6.07) is 29.5. The molecule has 3 rings (SSSR count). The van der Waals surface area contributed by atoms with Crippen molar-refractivity contribution in [3.8, 4) is 0 Å². The molecule has 0 saturated heterocycles. The Kier molecular flexibility index (Phi) is 7.82. The summed E-state index contributed by atoms with van der Waals surface area (Å²) in [5, 5.41) is 2.97. The van der Waals surface area contributed by atoms with Crippen molar-refractivity contribution in [1.82, 2.24) is 5.32 Å². The van der Waals surface area contributed by atoms with Gasteiger partial charge in [0.25, 0.3) is 0 Å². The van der Waals surface area contributed by atoms with E-state index < -0.39 is 17.4 Å². The van der Waals surface area contributed by atoms with E-state index >= 15 is 0 Å². The second-order valence-electron chi connectivity index (χ2n) is 8.13. The number of carbonyl (C=O) groups excluding carboxylic acids is 2. The molecule has 0 fully saturated rings. The van der Waals surface area contributed by atoms with Crippen LogP contribution in [-0.2, 0) is 19.7 Å². The number of amides is 1. The van der Waals surface area contributed by atoms with E-state index in [9.17, 15) is 9.59 Å². The van der Waals surface area contributed by atoms with E-state index in [1.165, 1.54) is 7.11 Å². The van der Waals surface area contributed by atoms with Crippen LogP contribution in [0.25, 0.3) is 0 Å². The Hall–Kier alpha value is -3.40. The number of nitrogens with one attached hydrogen (secondary N) is 1. The van der Waals surface area contributed by atoms with Gasteiger partial charge in [-0.15, -0.1) is 0 Å². The molecule has 3 aromatic carbocycles. The molecule has 0 aliphatic carbocycles. The van der Waals surface area contributed by atoms with Crippen molar-refractivity contribution in [3.63, 3.8) is 0 Å². The van der Waals surface area contributed by atoms with Crippen molar-refractivity contribution < 1.29 is 14.3 Å². The summed E-state index contributed by atoms with van der Waals surface area (Å²) in [6.45, 7) is 3.94. The first-order valence-electron chi connectivity index (χ1n) is 11.1. The molecule has 32 heavy (non-hydrogen) atoms. The van der Waals surface area contributed by atoms with Gasteiger partial charge in [-0.1, -0.05) is 111 Å². The normalized spacial score (nSPS) is 13.1.